The van der Waals surface area contributed by atoms with Crippen LogP contribution in [0.5, 0.6) is 0 Å². The Morgan fingerprint density at radius 2 is 1.86 bits per heavy atom. The van der Waals surface area contributed by atoms with Gasteiger partial charge in [-0.05, 0) is 43.3 Å². The van der Waals surface area contributed by atoms with Gasteiger partial charge >= 0.3 is 0 Å². The number of rotatable bonds is 5. The summed E-state index contributed by atoms with van der Waals surface area (Å²) in [6, 6.07) is 12.4. The van der Waals surface area contributed by atoms with E-state index in [0.29, 0.717) is 0 Å². The van der Waals surface area contributed by atoms with Gasteiger partial charge in [0.15, 0.2) is 9.84 Å². The van der Waals surface area contributed by atoms with Crippen LogP contribution in [0.25, 0.3) is 0 Å². The van der Waals surface area contributed by atoms with E-state index in [1.807, 2.05) is 31.2 Å². The SMILES string of the molecule is CNC(CS(=O)(=O)c1cccc(F)c1)c1ccccc1C. The van der Waals surface area contributed by atoms with Gasteiger partial charge in [-0.1, -0.05) is 30.3 Å². The minimum atomic E-state index is -3.56. The van der Waals surface area contributed by atoms with E-state index in [9.17, 15) is 12.8 Å². The number of benzene rings is 2. The van der Waals surface area contributed by atoms with E-state index in [2.05, 4.69) is 5.32 Å². The summed E-state index contributed by atoms with van der Waals surface area (Å²) in [6.45, 7) is 1.94. The first kappa shape index (κ1) is 15.7. The number of halogens is 1. The molecule has 2 aromatic carbocycles. The Labute approximate surface area is 124 Å². The van der Waals surface area contributed by atoms with Crippen LogP contribution in [0.4, 0.5) is 4.39 Å². The van der Waals surface area contributed by atoms with E-state index >= 15 is 0 Å². The molecule has 21 heavy (non-hydrogen) atoms. The van der Waals surface area contributed by atoms with Crippen LogP contribution < -0.4 is 5.32 Å². The number of nitrogens with one attached hydrogen (secondary N) is 1. The van der Waals surface area contributed by atoms with Crippen LogP contribution in [-0.4, -0.2) is 21.2 Å². The maximum atomic E-state index is 13.2. The van der Waals surface area contributed by atoms with E-state index in [1.165, 1.54) is 18.2 Å². The zero-order chi connectivity index (χ0) is 15.5. The second kappa shape index (κ2) is 6.37. The van der Waals surface area contributed by atoms with E-state index < -0.39 is 15.7 Å². The zero-order valence-electron chi connectivity index (χ0n) is 12.0. The standard InChI is InChI=1S/C16H18FNO2S/c1-12-6-3-4-9-15(12)16(18-2)11-21(19,20)14-8-5-7-13(17)10-14/h3-10,16,18H,11H2,1-2H3. The van der Waals surface area contributed by atoms with Crippen molar-refractivity contribution in [2.45, 2.75) is 17.9 Å². The van der Waals surface area contributed by atoms with Gasteiger partial charge in [0.05, 0.1) is 10.6 Å². The molecule has 1 atom stereocenters. The molecule has 112 valence electrons. The molecule has 3 nitrogen and oxygen atoms in total. The van der Waals surface area contributed by atoms with Gasteiger partial charge in [0.2, 0.25) is 0 Å². The lowest BCUT2D eigenvalue weighted by Crippen LogP contribution is -2.26. The predicted molar refractivity (Wildman–Crippen MR) is 81.4 cm³/mol. The average molecular weight is 307 g/mol. The first-order valence-electron chi connectivity index (χ1n) is 6.65. The Balaban J connectivity index is 2.32. The molecular formula is C16H18FNO2S. The van der Waals surface area contributed by atoms with Crippen molar-refractivity contribution in [3.8, 4) is 0 Å². The van der Waals surface area contributed by atoms with Crippen molar-refractivity contribution in [2.24, 2.45) is 0 Å². The molecule has 1 unspecified atom stereocenters. The van der Waals surface area contributed by atoms with Crippen LogP contribution in [0.3, 0.4) is 0 Å². The highest BCUT2D eigenvalue weighted by molar-refractivity contribution is 7.91. The van der Waals surface area contributed by atoms with Crippen LogP contribution in [-0.2, 0) is 9.84 Å². The van der Waals surface area contributed by atoms with Crippen molar-refractivity contribution in [3.05, 3.63) is 65.5 Å². The average Bonchev–Trinajstić information content (AvgIpc) is 2.45. The number of hydrogen-bond acceptors (Lipinski definition) is 3. The van der Waals surface area contributed by atoms with Crippen LogP contribution in [0.15, 0.2) is 53.4 Å². The van der Waals surface area contributed by atoms with Crippen LogP contribution >= 0.6 is 0 Å². The van der Waals surface area contributed by atoms with Gasteiger partial charge in [0.25, 0.3) is 0 Å². The van der Waals surface area contributed by atoms with Gasteiger partial charge in [0.1, 0.15) is 5.82 Å². The van der Waals surface area contributed by atoms with Gasteiger partial charge in [-0.25, -0.2) is 12.8 Å². The van der Waals surface area contributed by atoms with Crippen molar-refractivity contribution in [1.29, 1.82) is 0 Å². The highest BCUT2D eigenvalue weighted by Crippen LogP contribution is 2.22. The Bertz CT molecular complexity index is 729. The molecule has 2 aromatic rings. The Hall–Kier alpha value is -1.72. The summed E-state index contributed by atoms with van der Waals surface area (Å²) in [5.74, 6) is -0.661. The molecule has 2 rings (SSSR count). The maximum Gasteiger partial charge on any atom is 0.180 e. The normalized spacial score (nSPS) is 13.1. The largest absolute Gasteiger partial charge is 0.312 e. The summed E-state index contributed by atoms with van der Waals surface area (Å²) in [7, 11) is -1.84. The monoisotopic (exact) mass is 307 g/mol. The van der Waals surface area contributed by atoms with E-state index in [0.717, 1.165) is 17.2 Å². The lowest BCUT2D eigenvalue weighted by molar-refractivity contribution is 0.570. The van der Waals surface area contributed by atoms with Crippen molar-refractivity contribution in [1.82, 2.24) is 5.32 Å². The van der Waals surface area contributed by atoms with Crippen molar-refractivity contribution in [2.75, 3.05) is 12.8 Å². The van der Waals surface area contributed by atoms with E-state index in [4.69, 9.17) is 0 Å². The molecule has 0 bridgehead atoms. The third-order valence-electron chi connectivity index (χ3n) is 3.45. The molecule has 0 aliphatic rings. The topological polar surface area (TPSA) is 46.2 Å². The van der Waals surface area contributed by atoms with Crippen molar-refractivity contribution >= 4 is 9.84 Å². The summed E-state index contributed by atoms with van der Waals surface area (Å²) < 4.78 is 38.1. The van der Waals surface area contributed by atoms with E-state index in [1.54, 1.807) is 7.05 Å². The molecular weight excluding hydrogens is 289 g/mol. The molecule has 0 aromatic heterocycles. The molecule has 0 heterocycles. The molecule has 0 saturated carbocycles. The molecule has 0 aliphatic heterocycles. The van der Waals surface area contributed by atoms with Crippen molar-refractivity contribution < 1.29 is 12.8 Å². The minimum Gasteiger partial charge on any atom is -0.312 e. The highest BCUT2D eigenvalue weighted by atomic mass is 32.2. The molecule has 0 saturated heterocycles. The molecule has 0 aliphatic carbocycles. The predicted octanol–water partition coefficient (Wildman–Crippen LogP) is 2.87. The Morgan fingerprint density at radius 3 is 2.48 bits per heavy atom. The lowest BCUT2D eigenvalue weighted by atomic mass is 10.0. The third kappa shape index (κ3) is 3.68. The first-order chi connectivity index (χ1) is 9.94. The number of aryl methyl sites for hydroxylation is 1. The van der Waals surface area contributed by atoms with Crippen LogP contribution in [0, 0.1) is 12.7 Å². The first-order valence-corrected chi connectivity index (χ1v) is 8.30. The summed E-state index contributed by atoms with van der Waals surface area (Å²) in [5, 5.41) is 3.03. The highest BCUT2D eigenvalue weighted by Gasteiger charge is 2.22. The molecule has 0 spiro atoms. The molecule has 1 N–H and O–H groups in total. The lowest BCUT2D eigenvalue weighted by Gasteiger charge is -2.19. The maximum absolute atomic E-state index is 13.2. The number of sulfone groups is 1. The molecule has 0 radical (unpaired) electrons. The van der Waals surface area contributed by atoms with Gasteiger partial charge in [0, 0.05) is 6.04 Å². The third-order valence-corrected chi connectivity index (χ3v) is 5.20. The second-order valence-electron chi connectivity index (χ2n) is 4.94. The van der Waals surface area contributed by atoms with Gasteiger partial charge in [-0.2, -0.15) is 0 Å². The minimum absolute atomic E-state index is 0.0105. The summed E-state index contributed by atoms with van der Waals surface area (Å²) in [4.78, 5) is 0.0105. The Morgan fingerprint density at radius 1 is 1.14 bits per heavy atom. The fourth-order valence-electron chi connectivity index (χ4n) is 2.28. The van der Waals surface area contributed by atoms with E-state index in [-0.39, 0.29) is 16.7 Å². The fraction of sp³-hybridized carbons (Fsp3) is 0.250. The van der Waals surface area contributed by atoms with Gasteiger partial charge < -0.3 is 5.32 Å². The molecule has 5 heteroatoms. The van der Waals surface area contributed by atoms with Crippen LogP contribution in [0.2, 0.25) is 0 Å². The Kier molecular flexibility index (Phi) is 4.75. The fourth-order valence-corrected chi connectivity index (χ4v) is 3.84. The number of hydrogen-bond donors (Lipinski definition) is 1. The van der Waals surface area contributed by atoms with Crippen LogP contribution in [0.1, 0.15) is 17.2 Å². The molecule has 0 amide bonds. The summed E-state index contributed by atoms with van der Waals surface area (Å²) >= 11 is 0. The smallest absolute Gasteiger partial charge is 0.180 e. The molecule has 0 fully saturated rings. The van der Waals surface area contributed by atoms with Gasteiger partial charge in [-0.15, -0.1) is 0 Å². The summed E-state index contributed by atoms with van der Waals surface area (Å²) in [6.07, 6.45) is 0. The van der Waals surface area contributed by atoms with Crippen molar-refractivity contribution in [3.63, 3.8) is 0 Å². The van der Waals surface area contributed by atoms with Gasteiger partial charge in [-0.3, -0.25) is 0 Å². The summed E-state index contributed by atoms with van der Waals surface area (Å²) in [5.41, 5.74) is 1.95. The second-order valence-corrected chi connectivity index (χ2v) is 6.97. The zero-order valence-corrected chi connectivity index (χ0v) is 12.8. The quantitative estimate of drug-likeness (QED) is 0.924.